The number of hydrogen-bond acceptors (Lipinski definition) is 4. The Morgan fingerprint density at radius 2 is 2.00 bits per heavy atom. The molecular weight excluding hydrogens is 521 g/mol. The van der Waals surface area contributed by atoms with Gasteiger partial charge in [0.05, 0.1) is 0 Å². The highest BCUT2D eigenvalue weighted by Crippen LogP contribution is 2.26. The smallest absolute Gasteiger partial charge is 0.243 e. The molecule has 2 aliphatic rings. The van der Waals surface area contributed by atoms with Gasteiger partial charge in [0.2, 0.25) is 5.91 Å². The Kier molecular flexibility index (Phi) is 11.5. The van der Waals surface area contributed by atoms with E-state index < -0.39 is 0 Å². The molecule has 0 saturated carbocycles. The average Bonchev–Trinajstić information content (AvgIpc) is 3.42. The first kappa shape index (κ1) is 26.3. The summed E-state index contributed by atoms with van der Waals surface area (Å²) in [6.07, 6.45) is 3.68. The molecule has 0 aliphatic carbocycles. The molecule has 2 fully saturated rings. The predicted molar refractivity (Wildman–Crippen MR) is 142 cm³/mol. The largest absolute Gasteiger partial charge is 0.355 e. The molecule has 6 nitrogen and oxygen atoms in total. The van der Waals surface area contributed by atoms with Crippen molar-refractivity contribution < 1.29 is 4.79 Å². The van der Waals surface area contributed by atoms with Crippen LogP contribution < -0.4 is 5.32 Å². The van der Waals surface area contributed by atoms with E-state index >= 15 is 0 Å². The van der Waals surface area contributed by atoms with E-state index in [1.165, 1.54) is 30.7 Å². The number of benzene rings is 1. The van der Waals surface area contributed by atoms with Crippen LogP contribution in [0.1, 0.15) is 26.2 Å². The number of carbonyl (C=O) groups excluding carboxylic acids is 1. The summed E-state index contributed by atoms with van der Waals surface area (Å²) in [6.45, 7) is 7.64. The molecule has 2 heterocycles. The van der Waals surface area contributed by atoms with Crippen LogP contribution in [0.5, 0.6) is 0 Å². The van der Waals surface area contributed by atoms with Crippen molar-refractivity contribution in [2.45, 2.75) is 37.1 Å². The van der Waals surface area contributed by atoms with Gasteiger partial charge in [-0.25, -0.2) is 4.99 Å². The van der Waals surface area contributed by atoms with E-state index in [4.69, 9.17) is 4.99 Å². The van der Waals surface area contributed by atoms with Gasteiger partial charge in [-0.05, 0) is 50.4 Å². The fourth-order valence-electron chi connectivity index (χ4n) is 4.20. The summed E-state index contributed by atoms with van der Waals surface area (Å²) in [5.74, 6) is 2.71. The van der Waals surface area contributed by atoms with E-state index in [1.807, 2.05) is 11.8 Å². The van der Waals surface area contributed by atoms with Crippen LogP contribution >= 0.6 is 35.7 Å². The Hall–Kier alpha value is -1.000. The van der Waals surface area contributed by atoms with Gasteiger partial charge in [0, 0.05) is 50.4 Å². The van der Waals surface area contributed by atoms with Gasteiger partial charge in [-0.3, -0.25) is 9.69 Å². The molecule has 174 valence electrons. The first-order valence-corrected chi connectivity index (χ1v) is 12.2. The SMILES string of the molecule is CCN1CCCC1CNC(=NCC(=O)N(C)C)N1CCC(CSc2ccccc2)C1.I. The molecule has 1 N–H and O–H groups in total. The van der Waals surface area contributed by atoms with E-state index in [9.17, 15) is 4.79 Å². The molecule has 1 aromatic rings. The molecule has 2 aliphatic heterocycles. The zero-order valence-corrected chi connectivity index (χ0v) is 22.3. The first-order chi connectivity index (χ1) is 14.6. The summed E-state index contributed by atoms with van der Waals surface area (Å²) in [5.41, 5.74) is 0. The third-order valence-corrected chi connectivity index (χ3v) is 7.32. The second-order valence-electron chi connectivity index (χ2n) is 8.46. The lowest BCUT2D eigenvalue weighted by Crippen LogP contribution is -2.46. The third-order valence-electron chi connectivity index (χ3n) is 6.08. The second kappa shape index (κ2) is 13.5. The van der Waals surface area contributed by atoms with Crippen LogP contribution in [-0.2, 0) is 4.79 Å². The normalized spacial score (nSPS) is 21.8. The number of amides is 1. The van der Waals surface area contributed by atoms with Crippen LogP contribution in [0.2, 0.25) is 0 Å². The van der Waals surface area contributed by atoms with Gasteiger partial charge in [-0.15, -0.1) is 35.7 Å². The van der Waals surface area contributed by atoms with Crippen molar-refractivity contribution in [3.63, 3.8) is 0 Å². The number of halogens is 1. The Balaban J connectivity index is 0.00000341. The van der Waals surface area contributed by atoms with Crippen LogP contribution in [0.4, 0.5) is 0 Å². The van der Waals surface area contributed by atoms with Crippen molar-refractivity contribution in [3.8, 4) is 0 Å². The van der Waals surface area contributed by atoms with Crippen molar-refractivity contribution in [2.75, 3.05) is 59.1 Å². The molecule has 0 radical (unpaired) electrons. The van der Waals surface area contributed by atoms with Crippen molar-refractivity contribution in [2.24, 2.45) is 10.9 Å². The van der Waals surface area contributed by atoms with E-state index in [2.05, 4.69) is 52.4 Å². The van der Waals surface area contributed by atoms with Crippen molar-refractivity contribution >= 4 is 47.6 Å². The molecule has 0 aromatic heterocycles. The lowest BCUT2D eigenvalue weighted by molar-refractivity contribution is -0.127. The number of nitrogens with one attached hydrogen (secondary N) is 1. The summed E-state index contributed by atoms with van der Waals surface area (Å²) >= 11 is 1.94. The van der Waals surface area contributed by atoms with Gasteiger partial charge in [0.1, 0.15) is 6.54 Å². The summed E-state index contributed by atoms with van der Waals surface area (Å²) in [5, 5.41) is 3.61. The number of hydrogen-bond donors (Lipinski definition) is 1. The summed E-state index contributed by atoms with van der Waals surface area (Å²) < 4.78 is 0. The van der Waals surface area contributed by atoms with Gasteiger partial charge in [0.15, 0.2) is 5.96 Å². The summed E-state index contributed by atoms with van der Waals surface area (Å²) in [6, 6.07) is 11.2. The molecule has 8 heteroatoms. The minimum atomic E-state index is 0. The summed E-state index contributed by atoms with van der Waals surface area (Å²) in [4.78, 5) is 24.6. The maximum atomic E-state index is 12.1. The number of nitrogens with zero attached hydrogens (tertiary/aromatic N) is 4. The molecule has 1 amide bonds. The van der Waals surface area contributed by atoms with E-state index in [0.717, 1.165) is 37.9 Å². The molecule has 3 rings (SSSR count). The fourth-order valence-corrected chi connectivity index (χ4v) is 5.25. The fraction of sp³-hybridized carbons (Fsp3) is 0.652. The van der Waals surface area contributed by atoms with Crippen LogP contribution in [0.15, 0.2) is 40.2 Å². The van der Waals surface area contributed by atoms with E-state index in [1.54, 1.807) is 19.0 Å². The molecule has 2 atom stereocenters. The molecule has 31 heavy (non-hydrogen) atoms. The van der Waals surface area contributed by atoms with Crippen molar-refractivity contribution in [3.05, 3.63) is 30.3 Å². The highest BCUT2D eigenvalue weighted by Gasteiger charge is 2.27. The van der Waals surface area contributed by atoms with Gasteiger partial charge >= 0.3 is 0 Å². The average molecular weight is 560 g/mol. The van der Waals surface area contributed by atoms with Gasteiger partial charge in [0.25, 0.3) is 0 Å². The van der Waals surface area contributed by atoms with E-state index in [0.29, 0.717) is 12.0 Å². The number of aliphatic imine (C=N–C) groups is 1. The quantitative estimate of drug-likeness (QED) is 0.230. The first-order valence-electron chi connectivity index (χ1n) is 11.2. The number of thioether (sulfide) groups is 1. The molecule has 0 bridgehead atoms. The topological polar surface area (TPSA) is 51.2 Å². The molecule has 0 spiro atoms. The Morgan fingerprint density at radius 1 is 1.23 bits per heavy atom. The number of guanidine groups is 1. The third kappa shape index (κ3) is 8.13. The number of likely N-dealkylation sites (N-methyl/N-ethyl adjacent to an activating group) is 2. The van der Waals surface area contributed by atoms with Crippen molar-refractivity contribution in [1.29, 1.82) is 0 Å². The lowest BCUT2D eigenvalue weighted by atomic mass is 10.2. The predicted octanol–water partition coefficient (Wildman–Crippen LogP) is 3.24. The Bertz CT molecular complexity index is 702. The highest BCUT2D eigenvalue weighted by molar-refractivity contribution is 14.0. The van der Waals surface area contributed by atoms with Crippen LogP contribution in [0.25, 0.3) is 0 Å². The molecular formula is C23H38IN5OS. The second-order valence-corrected chi connectivity index (χ2v) is 9.55. The highest BCUT2D eigenvalue weighted by atomic mass is 127. The molecule has 2 saturated heterocycles. The maximum Gasteiger partial charge on any atom is 0.243 e. The Morgan fingerprint density at radius 3 is 2.71 bits per heavy atom. The lowest BCUT2D eigenvalue weighted by Gasteiger charge is -2.27. The summed E-state index contributed by atoms with van der Waals surface area (Å²) in [7, 11) is 3.57. The van der Waals surface area contributed by atoms with Gasteiger partial charge in [-0.1, -0.05) is 25.1 Å². The number of rotatable bonds is 8. The van der Waals surface area contributed by atoms with Crippen molar-refractivity contribution in [1.82, 2.24) is 20.0 Å². The zero-order valence-electron chi connectivity index (χ0n) is 19.1. The number of carbonyl (C=O) groups is 1. The van der Waals surface area contributed by atoms with Crippen LogP contribution in [-0.4, -0.2) is 91.7 Å². The minimum Gasteiger partial charge on any atom is -0.355 e. The van der Waals surface area contributed by atoms with Crippen LogP contribution in [0, 0.1) is 5.92 Å². The molecule has 1 aromatic carbocycles. The Labute approximate surface area is 209 Å². The van der Waals surface area contributed by atoms with Gasteiger partial charge < -0.3 is 15.1 Å². The minimum absolute atomic E-state index is 0. The monoisotopic (exact) mass is 559 g/mol. The zero-order chi connectivity index (χ0) is 21.3. The van der Waals surface area contributed by atoms with Gasteiger partial charge in [-0.2, -0.15) is 0 Å². The standard InChI is InChI=1S/C23H37N5OS.HI/c1-4-27-13-8-9-20(27)15-24-23(25-16-22(29)26(2)3)28-14-12-19(17-28)18-30-21-10-6-5-7-11-21;/h5-7,10-11,19-20H,4,8-9,12-18H2,1-3H3,(H,24,25);1H. The van der Waals surface area contributed by atoms with E-state index in [-0.39, 0.29) is 36.4 Å². The maximum absolute atomic E-state index is 12.1. The van der Waals surface area contributed by atoms with Crippen LogP contribution in [0.3, 0.4) is 0 Å². The number of likely N-dealkylation sites (tertiary alicyclic amines) is 2. The molecule has 2 unspecified atom stereocenters.